The molecule has 138 valence electrons. The Morgan fingerprint density at radius 3 is 2.69 bits per heavy atom. The SMILES string of the molecule is COc1ccccc1C1CNCCN1C(=O)C(C)Oc1ccc(F)cc1. The van der Waals surface area contributed by atoms with Crippen molar-refractivity contribution in [2.45, 2.75) is 19.1 Å². The summed E-state index contributed by atoms with van der Waals surface area (Å²) in [6.07, 6.45) is -0.671. The zero-order chi connectivity index (χ0) is 18.5. The molecule has 6 heteroatoms. The molecule has 5 nitrogen and oxygen atoms in total. The molecule has 2 unspecified atom stereocenters. The molecule has 0 aliphatic carbocycles. The van der Waals surface area contributed by atoms with E-state index >= 15 is 0 Å². The van der Waals surface area contributed by atoms with E-state index in [0.29, 0.717) is 18.8 Å². The number of piperazine rings is 1. The number of halogens is 1. The van der Waals surface area contributed by atoms with Crippen LogP contribution in [0.4, 0.5) is 4.39 Å². The van der Waals surface area contributed by atoms with Crippen molar-refractivity contribution < 1.29 is 18.7 Å². The molecule has 3 rings (SSSR count). The molecule has 1 aliphatic heterocycles. The van der Waals surface area contributed by atoms with Crippen molar-refractivity contribution in [1.29, 1.82) is 0 Å². The average Bonchev–Trinajstić information content (AvgIpc) is 2.69. The highest BCUT2D eigenvalue weighted by Crippen LogP contribution is 2.30. The van der Waals surface area contributed by atoms with Gasteiger partial charge in [-0.3, -0.25) is 4.79 Å². The second kappa shape index (κ2) is 8.19. The lowest BCUT2D eigenvalue weighted by atomic mass is 10.0. The third-order valence-corrected chi connectivity index (χ3v) is 4.50. The summed E-state index contributed by atoms with van der Waals surface area (Å²) in [4.78, 5) is 14.8. The third-order valence-electron chi connectivity index (χ3n) is 4.50. The van der Waals surface area contributed by atoms with E-state index < -0.39 is 6.10 Å². The molecule has 2 aromatic rings. The predicted molar refractivity (Wildman–Crippen MR) is 96.8 cm³/mol. The van der Waals surface area contributed by atoms with Crippen LogP contribution in [0.5, 0.6) is 11.5 Å². The van der Waals surface area contributed by atoms with Gasteiger partial charge in [0.1, 0.15) is 17.3 Å². The lowest BCUT2D eigenvalue weighted by Gasteiger charge is -2.38. The Morgan fingerprint density at radius 2 is 1.96 bits per heavy atom. The van der Waals surface area contributed by atoms with Gasteiger partial charge in [0.05, 0.1) is 13.2 Å². The molecule has 2 atom stereocenters. The molecule has 1 fully saturated rings. The van der Waals surface area contributed by atoms with Crippen LogP contribution in [0, 0.1) is 5.82 Å². The lowest BCUT2D eigenvalue weighted by molar-refractivity contribution is -0.141. The van der Waals surface area contributed by atoms with Crippen molar-refractivity contribution in [2.75, 3.05) is 26.7 Å². The number of hydrogen-bond acceptors (Lipinski definition) is 4. The zero-order valence-corrected chi connectivity index (χ0v) is 14.9. The quantitative estimate of drug-likeness (QED) is 0.893. The van der Waals surface area contributed by atoms with Crippen LogP contribution in [0.25, 0.3) is 0 Å². The Labute approximate surface area is 152 Å². The summed E-state index contributed by atoms with van der Waals surface area (Å²) >= 11 is 0. The molecular weight excluding hydrogens is 335 g/mol. The summed E-state index contributed by atoms with van der Waals surface area (Å²) in [5.74, 6) is 0.781. The van der Waals surface area contributed by atoms with Gasteiger partial charge in [0.25, 0.3) is 5.91 Å². The standard InChI is InChI=1S/C20H23FN2O3/c1-14(26-16-9-7-15(21)8-10-16)20(24)23-12-11-22-13-18(23)17-5-3-4-6-19(17)25-2/h3-10,14,18,22H,11-13H2,1-2H3. The first-order chi connectivity index (χ1) is 12.6. The summed E-state index contributed by atoms with van der Waals surface area (Å²) in [7, 11) is 1.63. The number of hydrogen-bond donors (Lipinski definition) is 1. The second-order valence-electron chi connectivity index (χ2n) is 6.21. The van der Waals surface area contributed by atoms with Crippen molar-refractivity contribution in [3.8, 4) is 11.5 Å². The topological polar surface area (TPSA) is 50.8 Å². The van der Waals surface area contributed by atoms with Crippen molar-refractivity contribution >= 4 is 5.91 Å². The predicted octanol–water partition coefficient (Wildman–Crippen LogP) is 2.77. The summed E-state index contributed by atoms with van der Waals surface area (Å²) in [6, 6.07) is 13.3. The van der Waals surface area contributed by atoms with Gasteiger partial charge >= 0.3 is 0 Å². The smallest absolute Gasteiger partial charge is 0.263 e. The minimum atomic E-state index is -0.671. The normalized spacial score (nSPS) is 18.3. The number of nitrogens with zero attached hydrogens (tertiary/aromatic N) is 1. The number of benzene rings is 2. The molecule has 26 heavy (non-hydrogen) atoms. The van der Waals surface area contributed by atoms with E-state index in [9.17, 15) is 9.18 Å². The molecule has 0 radical (unpaired) electrons. The molecule has 1 aliphatic rings. The fourth-order valence-electron chi connectivity index (χ4n) is 3.19. The largest absolute Gasteiger partial charge is 0.496 e. The van der Waals surface area contributed by atoms with E-state index in [1.165, 1.54) is 24.3 Å². The maximum absolute atomic E-state index is 13.0. The molecule has 0 spiro atoms. The summed E-state index contributed by atoms with van der Waals surface area (Å²) < 4.78 is 24.2. The first-order valence-corrected chi connectivity index (χ1v) is 8.66. The highest BCUT2D eigenvalue weighted by molar-refractivity contribution is 5.81. The van der Waals surface area contributed by atoms with E-state index in [-0.39, 0.29) is 17.8 Å². The molecular formula is C20H23FN2O3. The van der Waals surface area contributed by atoms with Gasteiger partial charge in [-0.05, 0) is 37.3 Å². The van der Waals surface area contributed by atoms with Gasteiger partial charge in [-0.1, -0.05) is 18.2 Å². The van der Waals surface area contributed by atoms with Crippen LogP contribution in [-0.4, -0.2) is 43.7 Å². The summed E-state index contributed by atoms with van der Waals surface area (Å²) in [6.45, 7) is 3.67. The molecule has 1 saturated heterocycles. The number of nitrogens with one attached hydrogen (secondary N) is 1. The van der Waals surface area contributed by atoms with E-state index in [1.807, 2.05) is 29.2 Å². The van der Waals surface area contributed by atoms with Gasteiger partial charge in [0.2, 0.25) is 0 Å². The Bertz CT molecular complexity index is 751. The van der Waals surface area contributed by atoms with E-state index in [4.69, 9.17) is 9.47 Å². The number of para-hydroxylation sites is 1. The average molecular weight is 358 g/mol. The number of carbonyl (C=O) groups is 1. The van der Waals surface area contributed by atoms with E-state index in [1.54, 1.807) is 14.0 Å². The van der Waals surface area contributed by atoms with Crippen molar-refractivity contribution in [2.24, 2.45) is 0 Å². The monoisotopic (exact) mass is 358 g/mol. The fourth-order valence-corrected chi connectivity index (χ4v) is 3.19. The van der Waals surface area contributed by atoms with Crippen LogP contribution in [0.15, 0.2) is 48.5 Å². The van der Waals surface area contributed by atoms with E-state index in [2.05, 4.69) is 5.32 Å². The highest BCUT2D eigenvalue weighted by Gasteiger charge is 2.32. The lowest BCUT2D eigenvalue weighted by Crippen LogP contribution is -2.52. The van der Waals surface area contributed by atoms with Crippen LogP contribution in [-0.2, 0) is 4.79 Å². The number of methoxy groups -OCH3 is 1. The van der Waals surface area contributed by atoms with Crippen LogP contribution >= 0.6 is 0 Å². The molecule has 2 aromatic carbocycles. The van der Waals surface area contributed by atoms with Crippen molar-refractivity contribution in [1.82, 2.24) is 10.2 Å². The van der Waals surface area contributed by atoms with Gasteiger partial charge in [-0.15, -0.1) is 0 Å². The van der Waals surface area contributed by atoms with Gasteiger partial charge < -0.3 is 19.7 Å². The Morgan fingerprint density at radius 1 is 1.23 bits per heavy atom. The summed E-state index contributed by atoms with van der Waals surface area (Å²) in [5.41, 5.74) is 0.963. The maximum atomic E-state index is 13.0. The second-order valence-corrected chi connectivity index (χ2v) is 6.21. The maximum Gasteiger partial charge on any atom is 0.263 e. The molecule has 1 amide bonds. The minimum absolute atomic E-state index is 0.105. The third kappa shape index (κ3) is 3.96. The number of rotatable bonds is 5. The van der Waals surface area contributed by atoms with Crippen LogP contribution in [0.2, 0.25) is 0 Å². The molecule has 0 saturated carbocycles. The van der Waals surface area contributed by atoms with Crippen LogP contribution in [0.3, 0.4) is 0 Å². The van der Waals surface area contributed by atoms with Crippen LogP contribution in [0.1, 0.15) is 18.5 Å². The summed E-state index contributed by atoms with van der Waals surface area (Å²) in [5, 5.41) is 3.33. The van der Waals surface area contributed by atoms with Crippen molar-refractivity contribution in [3.05, 3.63) is 59.9 Å². The van der Waals surface area contributed by atoms with Gasteiger partial charge in [0, 0.05) is 25.2 Å². The molecule has 0 bridgehead atoms. The van der Waals surface area contributed by atoms with Gasteiger partial charge in [0.15, 0.2) is 6.10 Å². The van der Waals surface area contributed by atoms with Gasteiger partial charge in [-0.25, -0.2) is 4.39 Å². The Balaban J connectivity index is 1.78. The minimum Gasteiger partial charge on any atom is -0.496 e. The fraction of sp³-hybridized carbons (Fsp3) is 0.350. The first-order valence-electron chi connectivity index (χ1n) is 8.66. The number of carbonyl (C=O) groups excluding carboxylic acids is 1. The van der Waals surface area contributed by atoms with Crippen LogP contribution < -0.4 is 14.8 Å². The Hall–Kier alpha value is -2.60. The van der Waals surface area contributed by atoms with Crippen molar-refractivity contribution in [3.63, 3.8) is 0 Å². The number of ether oxygens (including phenoxy) is 2. The number of amides is 1. The zero-order valence-electron chi connectivity index (χ0n) is 14.9. The Kier molecular flexibility index (Phi) is 5.73. The highest BCUT2D eigenvalue weighted by atomic mass is 19.1. The molecule has 1 heterocycles. The first kappa shape index (κ1) is 18.2. The molecule has 0 aromatic heterocycles. The van der Waals surface area contributed by atoms with E-state index in [0.717, 1.165) is 17.9 Å². The molecule has 1 N–H and O–H groups in total. The van der Waals surface area contributed by atoms with Gasteiger partial charge in [-0.2, -0.15) is 0 Å².